The molecule has 5 aromatic rings. The van der Waals surface area contributed by atoms with Crippen molar-refractivity contribution >= 4 is 45.8 Å². The minimum Gasteiger partial charge on any atom is -0.508 e. The Balaban J connectivity index is 1.48. The Kier molecular flexibility index (Phi) is 6.75. The van der Waals surface area contributed by atoms with Gasteiger partial charge in [0.25, 0.3) is 0 Å². The normalized spacial score (nSPS) is 10.9. The Bertz CT molecular complexity index is 1490. The van der Waals surface area contributed by atoms with Crippen LogP contribution >= 0.6 is 23.4 Å². The van der Waals surface area contributed by atoms with Gasteiger partial charge in [0, 0.05) is 38.2 Å². The largest absolute Gasteiger partial charge is 0.508 e. The Hall–Kier alpha value is -3.74. The van der Waals surface area contributed by atoms with Crippen LogP contribution in [0.5, 0.6) is 11.5 Å². The number of aromatic nitrogens is 2. The topological polar surface area (TPSA) is 67.3 Å². The molecule has 0 spiro atoms. The first kappa shape index (κ1) is 23.0. The summed E-state index contributed by atoms with van der Waals surface area (Å²) in [5.41, 5.74) is 4.40. The second-order valence-electron chi connectivity index (χ2n) is 7.98. The summed E-state index contributed by atoms with van der Waals surface area (Å²) in [4.78, 5) is 11.0. The van der Waals surface area contributed by atoms with Gasteiger partial charge in [-0.3, -0.25) is 0 Å². The summed E-state index contributed by atoms with van der Waals surface area (Å²) < 4.78 is 6.08. The van der Waals surface area contributed by atoms with Gasteiger partial charge in [-0.25, -0.2) is 9.97 Å². The number of phenolic OH excluding ortho intramolecular Hbond substituents is 1. The molecule has 0 aliphatic rings. The first-order valence-electron chi connectivity index (χ1n) is 11.0. The van der Waals surface area contributed by atoms with Gasteiger partial charge in [0.1, 0.15) is 18.1 Å². The lowest BCUT2D eigenvalue weighted by molar-refractivity contribution is 0.306. The van der Waals surface area contributed by atoms with Crippen LogP contribution in [0, 0.1) is 6.92 Å². The van der Waals surface area contributed by atoms with Crippen LogP contribution in [-0.4, -0.2) is 15.1 Å². The van der Waals surface area contributed by atoms with E-state index in [9.17, 15) is 5.11 Å². The average Bonchev–Trinajstić information content (AvgIpc) is 2.85. The molecule has 2 N–H and O–H groups in total. The second-order valence-corrected chi connectivity index (χ2v) is 9.53. The molecule has 0 bridgehead atoms. The van der Waals surface area contributed by atoms with E-state index in [0.717, 1.165) is 43.6 Å². The standard InChI is InChI=1S/C28H22ClN3O2S/c1-18-5-11-24-25(13-14-30-28(24)31-18)32-26-16-22(34-17-19-3-2-4-20(29)15-19)8-12-27(26)35-23-9-6-21(33)7-10-23/h2-16,33H,17H2,1H3,(H,30,31,32). The molecule has 7 heteroatoms. The summed E-state index contributed by atoms with van der Waals surface area (Å²) in [6.45, 7) is 2.36. The maximum atomic E-state index is 9.64. The third kappa shape index (κ3) is 5.67. The molecule has 5 nitrogen and oxygen atoms in total. The second kappa shape index (κ2) is 10.3. The van der Waals surface area contributed by atoms with Crippen LogP contribution in [0.25, 0.3) is 11.0 Å². The van der Waals surface area contributed by atoms with Gasteiger partial charge >= 0.3 is 0 Å². The molecule has 0 fully saturated rings. The zero-order valence-electron chi connectivity index (χ0n) is 18.9. The highest BCUT2D eigenvalue weighted by atomic mass is 35.5. The molecule has 174 valence electrons. The van der Waals surface area contributed by atoms with Gasteiger partial charge in [0.2, 0.25) is 0 Å². The number of aryl methyl sites for hydroxylation is 1. The lowest BCUT2D eigenvalue weighted by Gasteiger charge is -2.16. The van der Waals surface area contributed by atoms with E-state index in [0.29, 0.717) is 17.3 Å². The smallest absolute Gasteiger partial charge is 0.161 e. The molecule has 2 aromatic heterocycles. The van der Waals surface area contributed by atoms with E-state index in [2.05, 4.69) is 15.3 Å². The third-order valence-corrected chi connectivity index (χ3v) is 6.64. The number of nitrogens with one attached hydrogen (secondary N) is 1. The van der Waals surface area contributed by atoms with E-state index in [4.69, 9.17) is 16.3 Å². The van der Waals surface area contributed by atoms with E-state index in [-0.39, 0.29) is 5.75 Å². The molecule has 0 atom stereocenters. The van der Waals surface area contributed by atoms with Gasteiger partial charge in [-0.15, -0.1) is 0 Å². The van der Waals surface area contributed by atoms with Crippen molar-refractivity contribution in [2.75, 3.05) is 5.32 Å². The van der Waals surface area contributed by atoms with Crippen LogP contribution in [0.4, 0.5) is 11.4 Å². The highest BCUT2D eigenvalue weighted by Gasteiger charge is 2.11. The van der Waals surface area contributed by atoms with Crippen molar-refractivity contribution in [2.45, 2.75) is 23.3 Å². The molecule has 0 aliphatic carbocycles. The number of nitrogens with zero attached hydrogens (tertiary/aromatic N) is 2. The fraction of sp³-hybridized carbons (Fsp3) is 0.0714. The molecule has 0 saturated heterocycles. The summed E-state index contributed by atoms with van der Waals surface area (Å²) in [6, 6.07) is 26.7. The minimum atomic E-state index is 0.239. The molecule has 2 heterocycles. The summed E-state index contributed by atoms with van der Waals surface area (Å²) in [5, 5.41) is 14.8. The van der Waals surface area contributed by atoms with Gasteiger partial charge < -0.3 is 15.2 Å². The Morgan fingerprint density at radius 1 is 0.943 bits per heavy atom. The van der Waals surface area contributed by atoms with Crippen molar-refractivity contribution < 1.29 is 9.84 Å². The van der Waals surface area contributed by atoms with E-state index in [1.165, 1.54) is 0 Å². The summed E-state index contributed by atoms with van der Waals surface area (Å²) in [7, 11) is 0. The molecule has 3 aromatic carbocycles. The van der Waals surface area contributed by atoms with Gasteiger partial charge in [-0.05, 0) is 79.2 Å². The Morgan fingerprint density at radius 2 is 1.80 bits per heavy atom. The number of pyridine rings is 2. The highest BCUT2D eigenvalue weighted by Crippen LogP contribution is 2.38. The molecular formula is C28H22ClN3O2S. The number of phenols is 1. The highest BCUT2D eigenvalue weighted by molar-refractivity contribution is 7.99. The zero-order chi connectivity index (χ0) is 24.2. The van der Waals surface area contributed by atoms with Crippen LogP contribution in [0.3, 0.4) is 0 Å². The monoisotopic (exact) mass is 499 g/mol. The Labute approximate surface area is 212 Å². The predicted molar refractivity (Wildman–Crippen MR) is 142 cm³/mol. The summed E-state index contributed by atoms with van der Waals surface area (Å²) in [5.74, 6) is 0.971. The molecule has 5 rings (SSSR count). The first-order valence-corrected chi connectivity index (χ1v) is 12.2. The van der Waals surface area contributed by atoms with E-state index in [1.54, 1.807) is 30.1 Å². The number of fused-ring (bicyclic) bond motifs is 1. The number of anilines is 2. The summed E-state index contributed by atoms with van der Waals surface area (Å²) >= 11 is 7.71. The zero-order valence-corrected chi connectivity index (χ0v) is 20.5. The van der Waals surface area contributed by atoms with Crippen LogP contribution in [0.1, 0.15) is 11.3 Å². The van der Waals surface area contributed by atoms with Gasteiger partial charge in [-0.2, -0.15) is 0 Å². The molecule has 0 saturated carbocycles. The first-order chi connectivity index (χ1) is 17.0. The van der Waals surface area contributed by atoms with Crippen molar-refractivity contribution in [3.05, 3.63) is 107 Å². The maximum Gasteiger partial charge on any atom is 0.161 e. The van der Waals surface area contributed by atoms with Gasteiger partial charge in [0.15, 0.2) is 5.65 Å². The Morgan fingerprint density at radius 3 is 2.63 bits per heavy atom. The summed E-state index contributed by atoms with van der Waals surface area (Å²) in [6.07, 6.45) is 1.75. The predicted octanol–water partition coefficient (Wildman–Crippen LogP) is 7.77. The van der Waals surface area contributed by atoms with Crippen molar-refractivity contribution in [3.63, 3.8) is 0 Å². The van der Waals surface area contributed by atoms with Crippen molar-refractivity contribution in [2.24, 2.45) is 0 Å². The quantitative estimate of drug-likeness (QED) is 0.238. The SMILES string of the molecule is Cc1ccc2c(Nc3cc(OCc4cccc(Cl)c4)ccc3Sc3ccc(O)cc3)ccnc2n1. The van der Waals surface area contributed by atoms with Gasteiger partial charge in [-0.1, -0.05) is 35.5 Å². The number of benzene rings is 3. The van der Waals surface area contributed by atoms with Crippen molar-refractivity contribution in [1.29, 1.82) is 0 Å². The van der Waals surface area contributed by atoms with Crippen LogP contribution in [0.15, 0.2) is 101 Å². The minimum absolute atomic E-state index is 0.239. The third-order valence-electron chi connectivity index (χ3n) is 5.32. The average molecular weight is 500 g/mol. The van der Waals surface area contributed by atoms with E-state index >= 15 is 0 Å². The molecule has 0 amide bonds. The maximum absolute atomic E-state index is 9.64. The molecule has 0 radical (unpaired) electrons. The number of hydrogen-bond donors (Lipinski definition) is 2. The van der Waals surface area contributed by atoms with E-state index < -0.39 is 0 Å². The van der Waals surface area contributed by atoms with Gasteiger partial charge in [0.05, 0.1) is 11.4 Å². The van der Waals surface area contributed by atoms with E-state index in [1.807, 2.05) is 79.7 Å². The lowest BCUT2D eigenvalue weighted by atomic mass is 10.2. The van der Waals surface area contributed by atoms with Crippen LogP contribution in [0.2, 0.25) is 5.02 Å². The number of halogens is 1. The number of rotatable bonds is 7. The molecule has 0 aliphatic heterocycles. The molecule has 35 heavy (non-hydrogen) atoms. The van der Waals surface area contributed by atoms with Crippen LogP contribution in [-0.2, 0) is 6.61 Å². The lowest BCUT2D eigenvalue weighted by Crippen LogP contribution is -1.99. The fourth-order valence-corrected chi connectivity index (χ4v) is 4.69. The van der Waals surface area contributed by atoms with Crippen molar-refractivity contribution in [1.82, 2.24) is 9.97 Å². The van der Waals surface area contributed by atoms with Crippen molar-refractivity contribution in [3.8, 4) is 11.5 Å². The van der Waals surface area contributed by atoms with Crippen LogP contribution < -0.4 is 10.1 Å². The number of ether oxygens (including phenoxy) is 1. The fourth-order valence-electron chi connectivity index (χ4n) is 3.60. The number of hydrogen-bond acceptors (Lipinski definition) is 6. The molecule has 0 unspecified atom stereocenters. The molecular weight excluding hydrogens is 478 g/mol. The number of aromatic hydroxyl groups is 1.